The Hall–Kier alpha value is -0.0800. The standard InChI is InChI=1S/C13H27NO/c1-12(2)15-10-9-13(11-14)7-5-3-4-6-8-13/h12H,3-11,14H2,1-2H3. The molecule has 0 amide bonds. The lowest BCUT2D eigenvalue weighted by Crippen LogP contribution is -2.31. The van der Waals surface area contributed by atoms with E-state index in [1.54, 1.807) is 0 Å². The van der Waals surface area contributed by atoms with Gasteiger partial charge in [0.1, 0.15) is 0 Å². The van der Waals surface area contributed by atoms with Crippen LogP contribution in [0.15, 0.2) is 0 Å². The van der Waals surface area contributed by atoms with Gasteiger partial charge in [0.15, 0.2) is 0 Å². The van der Waals surface area contributed by atoms with Gasteiger partial charge in [-0.05, 0) is 45.1 Å². The Morgan fingerprint density at radius 3 is 2.20 bits per heavy atom. The zero-order chi connectivity index (χ0) is 11.1. The first-order chi connectivity index (χ1) is 7.18. The predicted molar refractivity (Wildman–Crippen MR) is 64.9 cm³/mol. The van der Waals surface area contributed by atoms with Crippen molar-refractivity contribution in [3.05, 3.63) is 0 Å². The normalized spacial score (nSPS) is 21.6. The van der Waals surface area contributed by atoms with Crippen molar-refractivity contribution < 1.29 is 4.74 Å². The Balaban J connectivity index is 2.36. The van der Waals surface area contributed by atoms with Gasteiger partial charge in [-0.3, -0.25) is 0 Å². The summed E-state index contributed by atoms with van der Waals surface area (Å²) >= 11 is 0. The first-order valence-electron chi connectivity index (χ1n) is 6.50. The monoisotopic (exact) mass is 213 g/mol. The fraction of sp³-hybridized carbons (Fsp3) is 1.00. The molecular formula is C13H27NO. The molecule has 0 unspecified atom stereocenters. The van der Waals surface area contributed by atoms with Crippen molar-refractivity contribution in [1.82, 2.24) is 0 Å². The zero-order valence-corrected chi connectivity index (χ0v) is 10.4. The summed E-state index contributed by atoms with van der Waals surface area (Å²) in [5, 5.41) is 0. The summed E-state index contributed by atoms with van der Waals surface area (Å²) in [5.41, 5.74) is 6.36. The van der Waals surface area contributed by atoms with E-state index >= 15 is 0 Å². The number of hydrogen-bond acceptors (Lipinski definition) is 2. The molecule has 0 heterocycles. The first kappa shape index (κ1) is 13.0. The Morgan fingerprint density at radius 1 is 1.13 bits per heavy atom. The van der Waals surface area contributed by atoms with Gasteiger partial charge in [-0.15, -0.1) is 0 Å². The van der Waals surface area contributed by atoms with E-state index in [9.17, 15) is 0 Å². The lowest BCUT2D eigenvalue weighted by Gasteiger charge is -2.31. The van der Waals surface area contributed by atoms with Crippen molar-refractivity contribution >= 4 is 0 Å². The molecule has 1 saturated carbocycles. The minimum atomic E-state index is 0.352. The molecule has 0 atom stereocenters. The quantitative estimate of drug-likeness (QED) is 0.712. The molecule has 0 bridgehead atoms. The summed E-state index contributed by atoms with van der Waals surface area (Å²) in [6.45, 7) is 5.92. The molecule has 0 aromatic heterocycles. The molecule has 1 rings (SSSR count). The summed E-state index contributed by atoms with van der Waals surface area (Å²) in [6.07, 6.45) is 9.64. The summed E-state index contributed by atoms with van der Waals surface area (Å²) < 4.78 is 5.66. The molecule has 1 fully saturated rings. The van der Waals surface area contributed by atoms with Gasteiger partial charge in [0, 0.05) is 6.61 Å². The molecule has 0 aromatic carbocycles. The zero-order valence-electron chi connectivity index (χ0n) is 10.4. The topological polar surface area (TPSA) is 35.2 Å². The van der Waals surface area contributed by atoms with Gasteiger partial charge in [0.05, 0.1) is 6.10 Å². The van der Waals surface area contributed by atoms with Gasteiger partial charge in [-0.2, -0.15) is 0 Å². The molecule has 0 aromatic rings. The second kappa shape index (κ2) is 6.49. The van der Waals surface area contributed by atoms with Crippen LogP contribution in [0, 0.1) is 5.41 Å². The smallest absolute Gasteiger partial charge is 0.0518 e. The Morgan fingerprint density at radius 2 is 1.73 bits per heavy atom. The summed E-state index contributed by atoms with van der Waals surface area (Å²) in [4.78, 5) is 0. The summed E-state index contributed by atoms with van der Waals surface area (Å²) in [5.74, 6) is 0. The van der Waals surface area contributed by atoms with Crippen molar-refractivity contribution in [2.24, 2.45) is 11.1 Å². The third kappa shape index (κ3) is 4.52. The molecule has 2 nitrogen and oxygen atoms in total. The average molecular weight is 213 g/mol. The summed E-state index contributed by atoms with van der Waals surface area (Å²) in [7, 11) is 0. The van der Waals surface area contributed by atoms with E-state index in [0.29, 0.717) is 11.5 Å². The minimum Gasteiger partial charge on any atom is -0.379 e. The third-order valence-corrected chi connectivity index (χ3v) is 3.68. The summed E-state index contributed by atoms with van der Waals surface area (Å²) in [6, 6.07) is 0. The second-order valence-corrected chi connectivity index (χ2v) is 5.29. The molecule has 0 aliphatic heterocycles. The van der Waals surface area contributed by atoms with Gasteiger partial charge in [-0.1, -0.05) is 25.7 Å². The van der Waals surface area contributed by atoms with Crippen molar-refractivity contribution in [3.63, 3.8) is 0 Å². The van der Waals surface area contributed by atoms with Crippen LogP contribution in [0.25, 0.3) is 0 Å². The van der Waals surface area contributed by atoms with Gasteiger partial charge < -0.3 is 10.5 Å². The van der Waals surface area contributed by atoms with Crippen LogP contribution in [0.1, 0.15) is 58.8 Å². The highest BCUT2D eigenvalue weighted by molar-refractivity contribution is 4.82. The third-order valence-electron chi connectivity index (χ3n) is 3.68. The average Bonchev–Trinajstić information content (AvgIpc) is 2.44. The molecule has 1 aliphatic carbocycles. The van der Waals surface area contributed by atoms with Gasteiger partial charge >= 0.3 is 0 Å². The largest absolute Gasteiger partial charge is 0.379 e. The molecule has 90 valence electrons. The van der Waals surface area contributed by atoms with Crippen LogP contribution < -0.4 is 5.73 Å². The lowest BCUT2D eigenvalue weighted by molar-refractivity contribution is 0.0481. The number of hydrogen-bond donors (Lipinski definition) is 1. The van der Waals surface area contributed by atoms with Crippen LogP contribution in [0.5, 0.6) is 0 Å². The molecule has 2 heteroatoms. The maximum absolute atomic E-state index is 5.97. The van der Waals surface area contributed by atoms with Crippen LogP contribution in [0.4, 0.5) is 0 Å². The highest BCUT2D eigenvalue weighted by Gasteiger charge is 2.28. The molecule has 0 spiro atoms. The van der Waals surface area contributed by atoms with Gasteiger partial charge in [0.25, 0.3) is 0 Å². The molecule has 2 N–H and O–H groups in total. The van der Waals surface area contributed by atoms with E-state index in [0.717, 1.165) is 19.6 Å². The highest BCUT2D eigenvalue weighted by atomic mass is 16.5. The van der Waals surface area contributed by atoms with Crippen LogP contribution in [-0.2, 0) is 4.74 Å². The minimum absolute atomic E-state index is 0.352. The van der Waals surface area contributed by atoms with E-state index < -0.39 is 0 Å². The molecule has 15 heavy (non-hydrogen) atoms. The fourth-order valence-electron chi connectivity index (χ4n) is 2.55. The van der Waals surface area contributed by atoms with Crippen molar-refractivity contribution in [2.75, 3.05) is 13.2 Å². The van der Waals surface area contributed by atoms with Gasteiger partial charge in [-0.25, -0.2) is 0 Å². The molecule has 0 saturated heterocycles. The Kier molecular flexibility index (Phi) is 5.62. The number of nitrogens with two attached hydrogens (primary N) is 1. The van der Waals surface area contributed by atoms with Crippen molar-refractivity contribution in [1.29, 1.82) is 0 Å². The van der Waals surface area contributed by atoms with Crippen molar-refractivity contribution in [3.8, 4) is 0 Å². The predicted octanol–water partition coefficient (Wildman–Crippen LogP) is 3.10. The van der Waals surface area contributed by atoms with Crippen LogP contribution in [0.2, 0.25) is 0 Å². The van der Waals surface area contributed by atoms with E-state index in [-0.39, 0.29) is 0 Å². The molecule has 1 aliphatic rings. The van der Waals surface area contributed by atoms with Crippen molar-refractivity contribution in [2.45, 2.75) is 64.9 Å². The Bertz CT molecular complexity index is 160. The highest BCUT2D eigenvalue weighted by Crippen LogP contribution is 2.37. The van der Waals surface area contributed by atoms with E-state index in [1.807, 2.05) is 0 Å². The molecular weight excluding hydrogens is 186 g/mol. The van der Waals surface area contributed by atoms with Crippen LogP contribution in [0.3, 0.4) is 0 Å². The van der Waals surface area contributed by atoms with Gasteiger partial charge in [0.2, 0.25) is 0 Å². The second-order valence-electron chi connectivity index (χ2n) is 5.29. The lowest BCUT2D eigenvalue weighted by atomic mass is 9.78. The SMILES string of the molecule is CC(C)OCCC1(CN)CCCCCC1. The van der Waals surface area contributed by atoms with E-state index in [4.69, 9.17) is 10.5 Å². The van der Waals surface area contributed by atoms with E-state index in [2.05, 4.69) is 13.8 Å². The first-order valence-corrected chi connectivity index (χ1v) is 6.50. The number of ether oxygens (including phenoxy) is 1. The van der Waals surface area contributed by atoms with E-state index in [1.165, 1.54) is 38.5 Å². The van der Waals surface area contributed by atoms with Crippen LogP contribution >= 0.6 is 0 Å². The number of rotatable bonds is 5. The fourth-order valence-corrected chi connectivity index (χ4v) is 2.55. The van der Waals surface area contributed by atoms with Crippen LogP contribution in [-0.4, -0.2) is 19.3 Å². The maximum Gasteiger partial charge on any atom is 0.0518 e. The maximum atomic E-state index is 5.97. The molecule has 0 radical (unpaired) electrons. The Labute approximate surface area is 94.6 Å².